The molecule has 0 saturated carbocycles. The Labute approximate surface area is 71.6 Å². The Balaban J connectivity index is 0. The molecule has 0 aliphatic heterocycles. The fourth-order valence-corrected chi connectivity index (χ4v) is 0.586. The molecule has 0 bridgehead atoms. The van der Waals surface area contributed by atoms with Gasteiger partial charge in [-0.3, -0.25) is 0 Å². The molecule has 1 atom stereocenters. The van der Waals surface area contributed by atoms with Crippen LogP contribution in [-0.4, -0.2) is 12.2 Å². The van der Waals surface area contributed by atoms with Crippen molar-refractivity contribution in [1.29, 1.82) is 0 Å². The SMILES string of the molecule is CC(C)O[C@@H](C)C(C)C.S. The van der Waals surface area contributed by atoms with Crippen LogP contribution in [-0.2, 0) is 4.74 Å². The van der Waals surface area contributed by atoms with Crippen LogP contribution in [0.15, 0.2) is 0 Å². The summed E-state index contributed by atoms with van der Waals surface area (Å²) in [6, 6.07) is 0. The van der Waals surface area contributed by atoms with Crippen LogP contribution < -0.4 is 0 Å². The van der Waals surface area contributed by atoms with Gasteiger partial charge in [0.15, 0.2) is 0 Å². The van der Waals surface area contributed by atoms with Gasteiger partial charge in [-0.05, 0) is 26.7 Å². The van der Waals surface area contributed by atoms with E-state index in [1.807, 2.05) is 0 Å². The predicted octanol–water partition coefficient (Wildman–Crippen LogP) is 2.57. The summed E-state index contributed by atoms with van der Waals surface area (Å²) in [5.41, 5.74) is 0. The van der Waals surface area contributed by atoms with Crippen LogP contribution in [0.25, 0.3) is 0 Å². The van der Waals surface area contributed by atoms with Crippen LogP contribution in [0.1, 0.15) is 34.6 Å². The van der Waals surface area contributed by atoms with Gasteiger partial charge in [-0.25, -0.2) is 0 Å². The highest BCUT2D eigenvalue weighted by molar-refractivity contribution is 7.59. The lowest BCUT2D eigenvalue weighted by molar-refractivity contribution is -0.00641. The van der Waals surface area contributed by atoms with Gasteiger partial charge in [0, 0.05) is 0 Å². The molecule has 0 saturated heterocycles. The average Bonchev–Trinajstić information content (AvgIpc) is 1.63. The minimum atomic E-state index is 0. The van der Waals surface area contributed by atoms with Gasteiger partial charge in [0.2, 0.25) is 0 Å². The maximum atomic E-state index is 5.51. The Morgan fingerprint density at radius 1 is 0.900 bits per heavy atom. The first kappa shape index (κ1) is 12.9. The lowest BCUT2D eigenvalue weighted by Crippen LogP contribution is -2.19. The molecule has 64 valence electrons. The summed E-state index contributed by atoms with van der Waals surface area (Å²) >= 11 is 0. The van der Waals surface area contributed by atoms with E-state index in [9.17, 15) is 0 Å². The van der Waals surface area contributed by atoms with Crippen LogP contribution in [0, 0.1) is 5.92 Å². The van der Waals surface area contributed by atoms with Crippen molar-refractivity contribution in [3.05, 3.63) is 0 Å². The van der Waals surface area contributed by atoms with E-state index in [0.29, 0.717) is 18.1 Å². The Morgan fingerprint density at radius 3 is 1.40 bits per heavy atom. The molecule has 0 aromatic carbocycles. The quantitative estimate of drug-likeness (QED) is 0.623. The van der Waals surface area contributed by atoms with Crippen molar-refractivity contribution in [2.24, 2.45) is 5.92 Å². The standard InChI is InChI=1S/C8H18O.H2S/c1-6(2)8(5)9-7(3)4;/h6-8H,1-5H3;1H2/t8-;/m0./s1. The summed E-state index contributed by atoms with van der Waals surface area (Å²) in [6.45, 7) is 10.6. The summed E-state index contributed by atoms with van der Waals surface area (Å²) < 4.78 is 5.51. The third-order valence-electron chi connectivity index (χ3n) is 1.43. The van der Waals surface area contributed by atoms with Gasteiger partial charge in [0.05, 0.1) is 12.2 Å². The van der Waals surface area contributed by atoms with Crippen molar-refractivity contribution < 1.29 is 4.74 Å². The molecular weight excluding hydrogens is 144 g/mol. The van der Waals surface area contributed by atoms with Gasteiger partial charge in [-0.15, -0.1) is 0 Å². The molecular formula is C8H20OS. The second-order valence-electron chi connectivity index (χ2n) is 3.13. The molecule has 0 aliphatic carbocycles. The zero-order valence-electron chi connectivity index (χ0n) is 7.64. The topological polar surface area (TPSA) is 9.23 Å². The van der Waals surface area contributed by atoms with E-state index in [2.05, 4.69) is 34.6 Å². The van der Waals surface area contributed by atoms with E-state index in [1.165, 1.54) is 0 Å². The molecule has 0 amide bonds. The van der Waals surface area contributed by atoms with Gasteiger partial charge < -0.3 is 4.74 Å². The monoisotopic (exact) mass is 164 g/mol. The number of hydrogen-bond donors (Lipinski definition) is 0. The van der Waals surface area contributed by atoms with Crippen molar-refractivity contribution in [2.75, 3.05) is 0 Å². The van der Waals surface area contributed by atoms with Crippen LogP contribution >= 0.6 is 13.5 Å². The Kier molecular flexibility index (Phi) is 7.83. The maximum Gasteiger partial charge on any atom is 0.0573 e. The highest BCUT2D eigenvalue weighted by atomic mass is 32.1. The molecule has 0 heterocycles. The molecule has 0 aliphatic rings. The second-order valence-corrected chi connectivity index (χ2v) is 3.13. The van der Waals surface area contributed by atoms with Crippen molar-refractivity contribution in [1.82, 2.24) is 0 Å². The molecule has 0 unspecified atom stereocenters. The van der Waals surface area contributed by atoms with Crippen LogP contribution in [0.4, 0.5) is 0 Å². The van der Waals surface area contributed by atoms with Crippen molar-refractivity contribution in [3.63, 3.8) is 0 Å². The largest absolute Gasteiger partial charge is 0.376 e. The second kappa shape index (κ2) is 6.05. The molecule has 0 radical (unpaired) electrons. The Bertz CT molecular complexity index is 71.7. The Morgan fingerprint density at radius 2 is 1.30 bits per heavy atom. The van der Waals surface area contributed by atoms with E-state index in [1.54, 1.807) is 0 Å². The highest BCUT2D eigenvalue weighted by Gasteiger charge is 2.07. The summed E-state index contributed by atoms with van der Waals surface area (Å²) in [4.78, 5) is 0. The van der Waals surface area contributed by atoms with E-state index < -0.39 is 0 Å². The molecule has 0 rings (SSSR count). The molecule has 1 nitrogen and oxygen atoms in total. The molecule has 0 spiro atoms. The van der Waals surface area contributed by atoms with Crippen molar-refractivity contribution >= 4 is 13.5 Å². The zero-order chi connectivity index (χ0) is 7.44. The van der Waals surface area contributed by atoms with E-state index in [0.717, 1.165) is 0 Å². The summed E-state index contributed by atoms with van der Waals surface area (Å²) in [5, 5.41) is 0. The first-order valence-corrected chi connectivity index (χ1v) is 3.69. The van der Waals surface area contributed by atoms with Crippen LogP contribution in [0.2, 0.25) is 0 Å². The van der Waals surface area contributed by atoms with Gasteiger partial charge in [-0.1, -0.05) is 13.8 Å². The molecule has 10 heavy (non-hydrogen) atoms. The van der Waals surface area contributed by atoms with E-state index in [-0.39, 0.29) is 13.5 Å². The van der Waals surface area contributed by atoms with E-state index >= 15 is 0 Å². The molecule has 0 fully saturated rings. The first-order valence-electron chi connectivity index (χ1n) is 3.69. The maximum absolute atomic E-state index is 5.51. The minimum absolute atomic E-state index is 0. The summed E-state index contributed by atoms with van der Waals surface area (Å²) in [5.74, 6) is 0.632. The molecule has 0 aromatic rings. The zero-order valence-corrected chi connectivity index (χ0v) is 8.64. The van der Waals surface area contributed by atoms with Crippen molar-refractivity contribution in [3.8, 4) is 0 Å². The third-order valence-corrected chi connectivity index (χ3v) is 1.43. The fraction of sp³-hybridized carbons (Fsp3) is 1.00. The van der Waals surface area contributed by atoms with Gasteiger partial charge >= 0.3 is 0 Å². The van der Waals surface area contributed by atoms with Crippen LogP contribution in [0.3, 0.4) is 0 Å². The summed E-state index contributed by atoms with van der Waals surface area (Å²) in [6.07, 6.45) is 0.757. The minimum Gasteiger partial charge on any atom is -0.376 e. The molecule has 0 N–H and O–H groups in total. The highest BCUT2D eigenvalue weighted by Crippen LogP contribution is 2.07. The lowest BCUT2D eigenvalue weighted by atomic mass is 10.1. The lowest BCUT2D eigenvalue weighted by Gasteiger charge is -2.18. The number of hydrogen-bond acceptors (Lipinski definition) is 1. The average molecular weight is 164 g/mol. The molecule has 2 heteroatoms. The van der Waals surface area contributed by atoms with Gasteiger partial charge in [0.1, 0.15) is 0 Å². The predicted molar refractivity (Wildman–Crippen MR) is 50.9 cm³/mol. The van der Waals surface area contributed by atoms with E-state index in [4.69, 9.17) is 4.74 Å². The summed E-state index contributed by atoms with van der Waals surface area (Å²) in [7, 11) is 0. The smallest absolute Gasteiger partial charge is 0.0573 e. The van der Waals surface area contributed by atoms with Crippen molar-refractivity contribution in [2.45, 2.75) is 46.8 Å². The first-order chi connectivity index (χ1) is 4.04. The number of rotatable bonds is 3. The van der Waals surface area contributed by atoms with Crippen LogP contribution in [0.5, 0.6) is 0 Å². The number of ether oxygens (including phenoxy) is 1. The van der Waals surface area contributed by atoms with Gasteiger partial charge in [-0.2, -0.15) is 13.5 Å². The molecule has 0 aromatic heterocycles. The normalized spacial score (nSPS) is 13.5. The fourth-order valence-electron chi connectivity index (χ4n) is 0.586. The Hall–Kier alpha value is 0.310. The van der Waals surface area contributed by atoms with Gasteiger partial charge in [0.25, 0.3) is 0 Å². The third kappa shape index (κ3) is 6.43.